The largest absolute Gasteiger partial charge is 0.465 e. The molecule has 1 aromatic heterocycles. The number of carbonyl (C=O) groups excluding carboxylic acids is 2. The van der Waals surface area contributed by atoms with Crippen molar-refractivity contribution in [2.75, 3.05) is 19.1 Å². The topological polar surface area (TPSA) is 73.7 Å². The lowest BCUT2D eigenvalue weighted by atomic mass is 10.0. The maximum atomic E-state index is 12.9. The highest BCUT2D eigenvalue weighted by atomic mass is 16.5. The summed E-state index contributed by atoms with van der Waals surface area (Å²) >= 11 is 0. The van der Waals surface area contributed by atoms with Crippen LogP contribution in [0, 0.1) is 0 Å². The van der Waals surface area contributed by atoms with E-state index in [4.69, 9.17) is 9.47 Å². The molecule has 0 spiro atoms. The van der Waals surface area contributed by atoms with Gasteiger partial charge < -0.3 is 14.4 Å². The molecular formula is C28H27N3O4. The lowest BCUT2D eigenvalue weighted by molar-refractivity contribution is 0.0549. The van der Waals surface area contributed by atoms with Gasteiger partial charge in [0.05, 0.1) is 19.9 Å². The number of para-hydroxylation sites is 2. The maximum absolute atomic E-state index is 12.9. The molecule has 0 fully saturated rings. The number of hydrogen-bond donors (Lipinski definition) is 0. The molecule has 0 N–H and O–H groups in total. The quantitative estimate of drug-likeness (QED) is 0.325. The number of benzene rings is 3. The Labute approximate surface area is 204 Å². The van der Waals surface area contributed by atoms with Crippen molar-refractivity contribution in [2.45, 2.75) is 19.9 Å². The van der Waals surface area contributed by atoms with Crippen LogP contribution in [0.5, 0.6) is 0 Å². The van der Waals surface area contributed by atoms with Gasteiger partial charge in [0.25, 0.3) is 0 Å². The summed E-state index contributed by atoms with van der Waals surface area (Å²) in [4.78, 5) is 27.8. The second-order valence-electron chi connectivity index (χ2n) is 8.15. The summed E-state index contributed by atoms with van der Waals surface area (Å²) in [6.45, 7) is 4.25. The molecule has 35 heavy (non-hydrogen) atoms. The average Bonchev–Trinajstić information content (AvgIpc) is 3.30. The maximum Gasteiger partial charge on any atom is 0.357 e. The van der Waals surface area contributed by atoms with Gasteiger partial charge in [0.1, 0.15) is 11.3 Å². The first kappa shape index (κ1) is 23.8. The molecule has 0 aliphatic rings. The zero-order valence-electron chi connectivity index (χ0n) is 20.1. The molecule has 0 radical (unpaired) electrons. The molecule has 0 bridgehead atoms. The highest BCUT2D eigenvalue weighted by Gasteiger charge is 2.31. The first-order chi connectivity index (χ1) is 17.0. The minimum Gasteiger partial charge on any atom is -0.465 e. The molecule has 7 nitrogen and oxygen atoms in total. The smallest absolute Gasteiger partial charge is 0.357 e. The van der Waals surface area contributed by atoms with Crippen molar-refractivity contribution in [3.63, 3.8) is 0 Å². The SMILES string of the molecule is COC(=O)c1c(-c2ccc(N(c3ccccc3)C(C)C)cc2)nn(-c2ccccc2)c1C(=O)OC. The molecule has 4 aromatic rings. The minimum atomic E-state index is -0.681. The molecule has 4 rings (SSSR count). The Bertz CT molecular complexity index is 1310. The third-order valence-electron chi connectivity index (χ3n) is 5.62. The standard InChI is InChI=1S/C28H27N3O4/c1-19(2)30(21-11-7-5-8-12-21)22-17-15-20(16-18-22)25-24(27(32)34-3)26(28(33)35-4)31(29-25)23-13-9-6-10-14-23/h5-19H,1-4H3. The van der Waals surface area contributed by atoms with Crippen molar-refractivity contribution in [3.05, 3.63) is 96.2 Å². The van der Waals surface area contributed by atoms with Crippen LogP contribution in [0.1, 0.15) is 34.7 Å². The normalized spacial score (nSPS) is 10.8. The van der Waals surface area contributed by atoms with Crippen molar-refractivity contribution in [2.24, 2.45) is 0 Å². The summed E-state index contributed by atoms with van der Waals surface area (Å²) in [6, 6.07) is 27.2. The predicted octanol–water partition coefficient (Wildman–Crippen LogP) is 5.66. The molecule has 0 atom stereocenters. The average molecular weight is 470 g/mol. The van der Waals surface area contributed by atoms with E-state index in [2.05, 4.69) is 36.0 Å². The molecule has 0 saturated carbocycles. The number of ether oxygens (including phenoxy) is 2. The number of aromatic nitrogens is 2. The molecule has 7 heteroatoms. The van der Waals surface area contributed by atoms with Crippen LogP contribution in [0.15, 0.2) is 84.9 Å². The van der Waals surface area contributed by atoms with Gasteiger partial charge in [-0.05, 0) is 50.2 Å². The van der Waals surface area contributed by atoms with Crippen LogP contribution >= 0.6 is 0 Å². The first-order valence-corrected chi connectivity index (χ1v) is 11.3. The van der Waals surface area contributed by atoms with Crippen molar-refractivity contribution in [3.8, 4) is 16.9 Å². The molecule has 0 aliphatic heterocycles. The summed E-state index contributed by atoms with van der Waals surface area (Å²) < 4.78 is 11.4. The zero-order valence-corrected chi connectivity index (χ0v) is 20.1. The zero-order chi connectivity index (χ0) is 24.9. The molecule has 0 unspecified atom stereocenters. The number of anilines is 2. The number of nitrogens with zero attached hydrogens (tertiary/aromatic N) is 3. The lowest BCUT2D eigenvalue weighted by Gasteiger charge is -2.29. The fourth-order valence-corrected chi connectivity index (χ4v) is 4.07. The van der Waals surface area contributed by atoms with E-state index in [1.54, 1.807) is 12.1 Å². The lowest BCUT2D eigenvalue weighted by Crippen LogP contribution is -2.25. The van der Waals surface area contributed by atoms with E-state index in [1.807, 2.05) is 60.7 Å². The molecular weight excluding hydrogens is 442 g/mol. The van der Waals surface area contributed by atoms with Gasteiger partial charge in [-0.25, -0.2) is 14.3 Å². The summed E-state index contributed by atoms with van der Waals surface area (Å²) in [6.07, 6.45) is 0. The van der Waals surface area contributed by atoms with Crippen LogP contribution in [0.25, 0.3) is 16.9 Å². The Morgan fingerprint density at radius 2 is 1.31 bits per heavy atom. The Morgan fingerprint density at radius 1 is 0.771 bits per heavy atom. The number of esters is 2. The van der Waals surface area contributed by atoms with E-state index in [0.717, 1.165) is 11.4 Å². The minimum absolute atomic E-state index is 0.0118. The summed E-state index contributed by atoms with van der Waals surface area (Å²) in [5.41, 5.74) is 3.76. The molecule has 1 heterocycles. The van der Waals surface area contributed by atoms with Gasteiger partial charge in [-0.3, -0.25) is 0 Å². The molecule has 0 amide bonds. The van der Waals surface area contributed by atoms with Gasteiger partial charge in [-0.1, -0.05) is 48.5 Å². The van der Waals surface area contributed by atoms with Gasteiger partial charge in [-0.15, -0.1) is 0 Å². The fourth-order valence-electron chi connectivity index (χ4n) is 4.07. The number of hydrogen-bond acceptors (Lipinski definition) is 6. The molecule has 3 aromatic carbocycles. The Kier molecular flexibility index (Phi) is 6.96. The second kappa shape index (κ2) is 10.3. The Morgan fingerprint density at radius 3 is 1.86 bits per heavy atom. The van der Waals surface area contributed by atoms with Gasteiger partial charge in [0.15, 0.2) is 5.69 Å². The Balaban J connectivity index is 1.86. The van der Waals surface area contributed by atoms with Crippen LogP contribution in [-0.4, -0.2) is 42.0 Å². The predicted molar refractivity (Wildman–Crippen MR) is 135 cm³/mol. The van der Waals surface area contributed by atoms with Gasteiger partial charge in [0, 0.05) is 23.0 Å². The Hall–Kier alpha value is -4.39. The van der Waals surface area contributed by atoms with Crippen LogP contribution < -0.4 is 4.90 Å². The summed E-state index contributed by atoms with van der Waals surface area (Å²) in [5, 5.41) is 4.66. The highest BCUT2D eigenvalue weighted by Crippen LogP contribution is 2.33. The van der Waals surface area contributed by atoms with E-state index in [0.29, 0.717) is 16.9 Å². The number of carbonyl (C=O) groups is 2. The number of rotatable bonds is 7. The van der Waals surface area contributed by atoms with E-state index in [-0.39, 0.29) is 17.3 Å². The van der Waals surface area contributed by atoms with E-state index in [1.165, 1.54) is 18.9 Å². The monoisotopic (exact) mass is 469 g/mol. The molecule has 0 saturated heterocycles. The second-order valence-corrected chi connectivity index (χ2v) is 8.15. The van der Waals surface area contributed by atoms with Crippen molar-refractivity contribution in [1.82, 2.24) is 9.78 Å². The molecule has 178 valence electrons. The molecule has 0 aliphatic carbocycles. The van der Waals surface area contributed by atoms with Crippen LogP contribution in [-0.2, 0) is 9.47 Å². The van der Waals surface area contributed by atoms with E-state index in [9.17, 15) is 9.59 Å². The highest BCUT2D eigenvalue weighted by molar-refractivity contribution is 6.06. The third-order valence-corrected chi connectivity index (χ3v) is 5.62. The number of methoxy groups -OCH3 is 2. The van der Waals surface area contributed by atoms with Gasteiger partial charge in [-0.2, -0.15) is 5.10 Å². The fraction of sp³-hybridized carbons (Fsp3) is 0.179. The van der Waals surface area contributed by atoms with Crippen molar-refractivity contribution in [1.29, 1.82) is 0 Å². The van der Waals surface area contributed by atoms with Crippen LogP contribution in [0.2, 0.25) is 0 Å². The van der Waals surface area contributed by atoms with Gasteiger partial charge in [0.2, 0.25) is 0 Å². The van der Waals surface area contributed by atoms with Crippen molar-refractivity contribution >= 4 is 23.3 Å². The van der Waals surface area contributed by atoms with E-state index >= 15 is 0 Å². The van der Waals surface area contributed by atoms with Crippen molar-refractivity contribution < 1.29 is 19.1 Å². The van der Waals surface area contributed by atoms with Crippen LogP contribution in [0.3, 0.4) is 0 Å². The summed E-state index contributed by atoms with van der Waals surface area (Å²) in [7, 11) is 2.54. The van der Waals surface area contributed by atoms with Gasteiger partial charge >= 0.3 is 11.9 Å². The van der Waals surface area contributed by atoms with E-state index < -0.39 is 11.9 Å². The van der Waals surface area contributed by atoms with Crippen LogP contribution in [0.4, 0.5) is 11.4 Å². The first-order valence-electron chi connectivity index (χ1n) is 11.3. The third kappa shape index (κ3) is 4.66. The summed E-state index contributed by atoms with van der Waals surface area (Å²) in [5.74, 6) is -1.35.